The van der Waals surface area contributed by atoms with Gasteiger partial charge in [-0.05, 0) is 42.7 Å². The third-order valence-corrected chi connectivity index (χ3v) is 6.25. The Morgan fingerprint density at radius 1 is 1.18 bits per heavy atom. The zero-order valence-electron chi connectivity index (χ0n) is 18.8. The maximum Gasteiger partial charge on any atom is 0.291 e. The van der Waals surface area contributed by atoms with Crippen molar-refractivity contribution in [3.8, 4) is 23.1 Å². The fourth-order valence-electron chi connectivity index (χ4n) is 3.62. The number of methoxy groups -OCH3 is 1. The summed E-state index contributed by atoms with van der Waals surface area (Å²) in [6.45, 7) is 6.75. The second kappa shape index (κ2) is 8.37. The van der Waals surface area contributed by atoms with Crippen molar-refractivity contribution in [2.45, 2.75) is 20.8 Å². The summed E-state index contributed by atoms with van der Waals surface area (Å²) in [7, 11) is 1.60. The van der Waals surface area contributed by atoms with Gasteiger partial charge in [0, 0.05) is 10.9 Å². The first-order chi connectivity index (χ1) is 15.9. The number of rotatable bonds is 6. The molecule has 0 saturated heterocycles. The molecule has 3 aromatic heterocycles. The first-order valence-electron chi connectivity index (χ1n) is 10.6. The van der Waals surface area contributed by atoms with Crippen LogP contribution < -0.4 is 19.6 Å². The van der Waals surface area contributed by atoms with E-state index in [2.05, 4.69) is 23.9 Å². The molecule has 0 aliphatic heterocycles. The number of thiazole rings is 1. The minimum absolute atomic E-state index is 0.221. The van der Waals surface area contributed by atoms with Crippen molar-refractivity contribution in [2.24, 2.45) is 5.92 Å². The van der Waals surface area contributed by atoms with Gasteiger partial charge in [0.1, 0.15) is 5.58 Å². The lowest BCUT2D eigenvalue weighted by atomic mass is 10.1. The fourth-order valence-corrected chi connectivity index (χ4v) is 4.53. The highest BCUT2D eigenvalue weighted by molar-refractivity contribution is 7.15. The Kier molecular flexibility index (Phi) is 5.38. The van der Waals surface area contributed by atoms with E-state index in [1.54, 1.807) is 7.11 Å². The highest BCUT2D eigenvalue weighted by Gasteiger charge is 2.19. The second-order valence-electron chi connectivity index (χ2n) is 8.21. The molecule has 7 nitrogen and oxygen atoms in total. The summed E-state index contributed by atoms with van der Waals surface area (Å²) < 4.78 is 19.1. The predicted molar refractivity (Wildman–Crippen MR) is 129 cm³/mol. The lowest BCUT2D eigenvalue weighted by Crippen LogP contribution is -2.23. The van der Waals surface area contributed by atoms with Crippen LogP contribution in [0.25, 0.3) is 33.6 Å². The third-order valence-electron chi connectivity index (χ3n) is 5.29. The van der Waals surface area contributed by atoms with E-state index in [4.69, 9.17) is 13.9 Å². The van der Waals surface area contributed by atoms with Crippen LogP contribution in [0.5, 0.6) is 11.5 Å². The SMILES string of the molecule is COc1cc(/C=c2\sc3nc(-c4oc5ccccc5c4C)nn3c2=O)ccc1OCC(C)C. The minimum atomic E-state index is -0.221. The molecule has 0 aliphatic carbocycles. The van der Waals surface area contributed by atoms with Crippen LogP contribution in [0, 0.1) is 12.8 Å². The molecule has 168 valence electrons. The summed E-state index contributed by atoms with van der Waals surface area (Å²) in [6.07, 6.45) is 1.81. The van der Waals surface area contributed by atoms with Gasteiger partial charge in [0.2, 0.25) is 10.8 Å². The summed E-state index contributed by atoms with van der Waals surface area (Å²) >= 11 is 1.29. The van der Waals surface area contributed by atoms with E-state index >= 15 is 0 Å². The minimum Gasteiger partial charge on any atom is -0.493 e. The largest absolute Gasteiger partial charge is 0.493 e. The number of benzene rings is 2. The van der Waals surface area contributed by atoms with Crippen LogP contribution in [0.3, 0.4) is 0 Å². The van der Waals surface area contributed by atoms with Crippen LogP contribution >= 0.6 is 11.3 Å². The van der Waals surface area contributed by atoms with Gasteiger partial charge < -0.3 is 13.9 Å². The quantitative estimate of drug-likeness (QED) is 0.371. The number of ether oxygens (including phenoxy) is 2. The second-order valence-corrected chi connectivity index (χ2v) is 9.22. The summed E-state index contributed by atoms with van der Waals surface area (Å²) in [4.78, 5) is 18.1. The number of nitrogens with zero attached hydrogens (tertiary/aromatic N) is 3. The summed E-state index contributed by atoms with van der Waals surface area (Å²) in [5.74, 6) is 2.70. The van der Waals surface area contributed by atoms with Crippen molar-refractivity contribution in [1.82, 2.24) is 14.6 Å². The molecule has 0 atom stereocenters. The van der Waals surface area contributed by atoms with E-state index in [0.717, 1.165) is 22.1 Å². The van der Waals surface area contributed by atoms with Crippen molar-refractivity contribution in [3.63, 3.8) is 0 Å². The number of aryl methyl sites for hydroxylation is 1. The summed E-state index contributed by atoms with van der Waals surface area (Å²) in [5.41, 5.74) is 2.34. The maximum atomic E-state index is 13.0. The van der Waals surface area contributed by atoms with E-state index in [-0.39, 0.29) is 5.56 Å². The Balaban J connectivity index is 1.51. The Morgan fingerprint density at radius 2 is 2.00 bits per heavy atom. The fraction of sp³-hybridized carbons (Fsp3) is 0.240. The molecule has 2 aromatic carbocycles. The molecule has 0 saturated carbocycles. The maximum absolute atomic E-state index is 13.0. The molecule has 0 unspecified atom stereocenters. The molecule has 0 amide bonds. The van der Waals surface area contributed by atoms with E-state index in [1.807, 2.05) is 55.5 Å². The molecular formula is C25H23N3O4S. The highest BCUT2D eigenvalue weighted by atomic mass is 32.1. The molecule has 0 radical (unpaired) electrons. The molecule has 0 aliphatic rings. The van der Waals surface area contributed by atoms with E-state index < -0.39 is 0 Å². The zero-order chi connectivity index (χ0) is 23.1. The van der Waals surface area contributed by atoms with Gasteiger partial charge >= 0.3 is 0 Å². The van der Waals surface area contributed by atoms with Gasteiger partial charge in [-0.15, -0.1) is 5.10 Å². The topological polar surface area (TPSA) is 78.9 Å². The molecule has 3 heterocycles. The van der Waals surface area contributed by atoms with Crippen molar-refractivity contribution in [1.29, 1.82) is 0 Å². The van der Waals surface area contributed by atoms with Gasteiger partial charge in [-0.2, -0.15) is 9.50 Å². The summed E-state index contributed by atoms with van der Waals surface area (Å²) in [6, 6.07) is 13.4. The van der Waals surface area contributed by atoms with Gasteiger partial charge in [0.25, 0.3) is 5.56 Å². The normalized spacial score (nSPS) is 12.3. The summed E-state index contributed by atoms with van der Waals surface area (Å²) in [5, 5.41) is 5.45. The van der Waals surface area contributed by atoms with E-state index in [0.29, 0.717) is 45.1 Å². The number of fused-ring (bicyclic) bond motifs is 2. The van der Waals surface area contributed by atoms with Crippen LogP contribution in [-0.2, 0) is 0 Å². The van der Waals surface area contributed by atoms with E-state index in [1.165, 1.54) is 15.9 Å². The Hall–Kier alpha value is -3.65. The first-order valence-corrected chi connectivity index (χ1v) is 11.5. The highest BCUT2D eigenvalue weighted by Crippen LogP contribution is 2.31. The van der Waals surface area contributed by atoms with Gasteiger partial charge in [-0.1, -0.05) is 49.4 Å². The number of hydrogen-bond donors (Lipinski definition) is 0. The average Bonchev–Trinajstić information content (AvgIpc) is 3.45. The third kappa shape index (κ3) is 3.87. The number of hydrogen-bond acceptors (Lipinski definition) is 7. The van der Waals surface area contributed by atoms with Crippen LogP contribution in [0.4, 0.5) is 0 Å². The van der Waals surface area contributed by atoms with Gasteiger partial charge in [-0.3, -0.25) is 4.79 Å². The van der Waals surface area contributed by atoms with E-state index in [9.17, 15) is 4.79 Å². The van der Waals surface area contributed by atoms with Gasteiger partial charge in [0.05, 0.1) is 18.2 Å². The smallest absolute Gasteiger partial charge is 0.291 e. The van der Waals surface area contributed by atoms with Crippen molar-refractivity contribution < 1.29 is 13.9 Å². The Bertz CT molecular complexity index is 1580. The van der Waals surface area contributed by atoms with Crippen molar-refractivity contribution >= 4 is 33.3 Å². The molecule has 0 fully saturated rings. The molecule has 0 spiro atoms. The molecule has 33 heavy (non-hydrogen) atoms. The molecule has 8 heteroatoms. The number of furan rings is 1. The number of aromatic nitrogens is 3. The lowest BCUT2D eigenvalue weighted by molar-refractivity contribution is 0.257. The zero-order valence-corrected chi connectivity index (χ0v) is 19.6. The van der Waals surface area contributed by atoms with Crippen LogP contribution in [0.15, 0.2) is 51.7 Å². The Morgan fingerprint density at radius 3 is 2.73 bits per heavy atom. The monoisotopic (exact) mass is 461 g/mol. The van der Waals surface area contributed by atoms with Crippen molar-refractivity contribution in [3.05, 3.63) is 68.5 Å². The lowest BCUT2D eigenvalue weighted by Gasteiger charge is -2.12. The molecule has 5 rings (SSSR count). The van der Waals surface area contributed by atoms with Gasteiger partial charge in [0.15, 0.2) is 17.3 Å². The first kappa shape index (κ1) is 21.2. The van der Waals surface area contributed by atoms with Gasteiger partial charge in [-0.25, -0.2) is 0 Å². The average molecular weight is 462 g/mol. The van der Waals surface area contributed by atoms with Crippen LogP contribution in [0.1, 0.15) is 25.0 Å². The molecular weight excluding hydrogens is 438 g/mol. The molecule has 0 bridgehead atoms. The number of para-hydroxylation sites is 1. The molecule has 0 N–H and O–H groups in total. The Labute approximate surface area is 193 Å². The molecule has 5 aromatic rings. The van der Waals surface area contributed by atoms with Crippen LogP contribution in [0.2, 0.25) is 0 Å². The van der Waals surface area contributed by atoms with Crippen molar-refractivity contribution in [2.75, 3.05) is 13.7 Å². The van der Waals surface area contributed by atoms with Crippen LogP contribution in [-0.4, -0.2) is 28.3 Å². The predicted octanol–water partition coefficient (Wildman–Crippen LogP) is 4.46. The standard InChI is InChI=1S/C25H23N3O4S/c1-14(2)13-31-19-10-9-16(11-20(19)30-4)12-21-24(29)28-25(33-21)26-23(27-28)22-15(3)17-7-5-6-8-18(17)32-22/h5-12,14H,13H2,1-4H3/b21-12-.